The average Bonchev–Trinajstić information content (AvgIpc) is 2.77. The maximum atomic E-state index is 3.48. The first kappa shape index (κ1) is 15.1. The number of nitrogens with one attached hydrogen (secondary N) is 1. The van der Waals surface area contributed by atoms with Gasteiger partial charge < -0.3 is 5.32 Å². The van der Waals surface area contributed by atoms with Crippen LogP contribution in [-0.2, 0) is 6.54 Å². The second-order valence-corrected chi connectivity index (χ2v) is 7.57. The molecule has 0 bridgehead atoms. The first-order valence-corrected chi connectivity index (χ1v) is 8.94. The molecule has 1 aromatic heterocycles. The Hall–Kier alpha value is -0.290. The molecule has 2 rings (SSSR count). The topological polar surface area (TPSA) is 12.0 Å². The molecule has 0 aliphatic heterocycles. The van der Waals surface area contributed by atoms with E-state index in [0.717, 1.165) is 18.8 Å². The van der Waals surface area contributed by atoms with Gasteiger partial charge in [0.05, 0.1) is 0 Å². The number of benzene rings is 1. The van der Waals surface area contributed by atoms with Gasteiger partial charge in [0.1, 0.15) is 0 Å². The molecule has 0 spiro atoms. The van der Waals surface area contributed by atoms with Crippen molar-refractivity contribution in [3.8, 4) is 0 Å². The van der Waals surface area contributed by atoms with Gasteiger partial charge in [0.15, 0.2) is 0 Å². The molecule has 0 aliphatic carbocycles. The fraction of sp³-hybridized carbons (Fsp3) is 0.333. The average molecular weight is 356 g/mol. The molecule has 0 unspecified atom stereocenters. The molecule has 4 heteroatoms. The molecule has 1 nitrogen and oxygen atoms in total. The zero-order chi connectivity index (χ0) is 13.7. The zero-order valence-electron chi connectivity index (χ0n) is 11.2. The van der Waals surface area contributed by atoms with Crippen LogP contribution in [0.2, 0.25) is 0 Å². The summed E-state index contributed by atoms with van der Waals surface area (Å²) in [6.45, 7) is 6.32. The van der Waals surface area contributed by atoms with Crippen molar-refractivity contribution in [1.82, 2.24) is 5.32 Å². The van der Waals surface area contributed by atoms with Crippen molar-refractivity contribution < 1.29 is 0 Å². The molecule has 0 atom stereocenters. The van der Waals surface area contributed by atoms with E-state index in [0.29, 0.717) is 0 Å². The van der Waals surface area contributed by atoms with E-state index in [-0.39, 0.29) is 0 Å². The van der Waals surface area contributed by atoms with Crippen LogP contribution < -0.4 is 5.32 Å². The van der Waals surface area contributed by atoms with Crippen LogP contribution in [0.15, 0.2) is 39.0 Å². The second kappa shape index (κ2) is 7.48. The third kappa shape index (κ3) is 4.95. The summed E-state index contributed by atoms with van der Waals surface area (Å²) in [7, 11) is 0. The normalized spacial score (nSPS) is 10.9. The van der Waals surface area contributed by atoms with Gasteiger partial charge in [0.2, 0.25) is 0 Å². The monoisotopic (exact) mass is 355 g/mol. The van der Waals surface area contributed by atoms with Gasteiger partial charge in [-0.2, -0.15) is 0 Å². The van der Waals surface area contributed by atoms with Gasteiger partial charge in [-0.15, -0.1) is 23.1 Å². The molecule has 1 heterocycles. The van der Waals surface area contributed by atoms with Crippen LogP contribution >= 0.6 is 39.0 Å². The molecular weight excluding hydrogens is 338 g/mol. The summed E-state index contributed by atoms with van der Waals surface area (Å²) in [4.78, 5) is 2.77. The summed E-state index contributed by atoms with van der Waals surface area (Å²) in [6, 6.07) is 8.84. The maximum absolute atomic E-state index is 3.48. The fourth-order valence-corrected chi connectivity index (χ4v) is 4.19. The van der Waals surface area contributed by atoms with Crippen molar-refractivity contribution in [3.63, 3.8) is 0 Å². The van der Waals surface area contributed by atoms with Crippen LogP contribution in [-0.4, -0.2) is 12.3 Å². The van der Waals surface area contributed by atoms with Gasteiger partial charge in [-0.1, -0.05) is 17.7 Å². The van der Waals surface area contributed by atoms with Crippen molar-refractivity contribution >= 4 is 39.0 Å². The van der Waals surface area contributed by atoms with Crippen LogP contribution in [0.5, 0.6) is 0 Å². The molecule has 102 valence electrons. The third-order valence-electron chi connectivity index (χ3n) is 2.79. The minimum absolute atomic E-state index is 0.962. The van der Waals surface area contributed by atoms with E-state index in [1.165, 1.54) is 25.4 Å². The Morgan fingerprint density at radius 1 is 1.26 bits per heavy atom. The molecule has 0 amide bonds. The van der Waals surface area contributed by atoms with Gasteiger partial charge >= 0.3 is 0 Å². The van der Waals surface area contributed by atoms with E-state index in [2.05, 4.69) is 64.7 Å². The van der Waals surface area contributed by atoms with Crippen molar-refractivity contribution in [3.05, 3.63) is 50.1 Å². The SMILES string of the molecule is Cc1ccc(SCCNCc2cc(Br)cs2)c(C)c1. The lowest BCUT2D eigenvalue weighted by Gasteiger charge is -2.07. The Balaban J connectivity index is 1.69. The second-order valence-electron chi connectivity index (χ2n) is 4.53. The molecule has 1 N–H and O–H groups in total. The van der Waals surface area contributed by atoms with Crippen molar-refractivity contribution in [1.29, 1.82) is 0 Å². The Kier molecular flexibility index (Phi) is 5.95. The Morgan fingerprint density at radius 3 is 2.79 bits per heavy atom. The largest absolute Gasteiger partial charge is 0.311 e. The number of thioether (sulfide) groups is 1. The molecule has 0 saturated heterocycles. The predicted molar refractivity (Wildman–Crippen MR) is 90.4 cm³/mol. The summed E-state index contributed by atoms with van der Waals surface area (Å²) in [5, 5.41) is 5.61. The maximum Gasteiger partial charge on any atom is 0.0300 e. The first-order valence-electron chi connectivity index (χ1n) is 6.29. The van der Waals surface area contributed by atoms with Crippen LogP contribution in [0.3, 0.4) is 0 Å². The summed E-state index contributed by atoms with van der Waals surface area (Å²) in [6.07, 6.45) is 0. The smallest absolute Gasteiger partial charge is 0.0300 e. The first-order chi connectivity index (χ1) is 9.15. The van der Waals surface area contributed by atoms with Gasteiger partial charge in [0.25, 0.3) is 0 Å². The lowest BCUT2D eigenvalue weighted by molar-refractivity contribution is 0.741. The van der Waals surface area contributed by atoms with Crippen molar-refractivity contribution in [2.24, 2.45) is 0 Å². The van der Waals surface area contributed by atoms with E-state index >= 15 is 0 Å². The highest BCUT2D eigenvalue weighted by Gasteiger charge is 2.00. The summed E-state index contributed by atoms with van der Waals surface area (Å²) in [5.41, 5.74) is 2.72. The number of thiophene rings is 1. The number of hydrogen-bond acceptors (Lipinski definition) is 3. The van der Waals surface area contributed by atoms with Gasteiger partial charge in [0, 0.05) is 38.5 Å². The van der Waals surface area contributed by atoms with Crippen molar-refractivity contribution in [2.45, 2.75) is 25.3 Å². The lowest BCUT2D eigenvalue weighted by atomic mass is 10.2. The van der Waals surface area contributed by atoms with Crippen LogP contribution in [0.1, 0.15) is 16.0 Å². The quantitative estimate of drug-likeness (QED) is 0.577. The Morgan fingerprint density at radius 2 is 2.11 bits per heavy atom. The standard InChI is InChI=1S/C15H18BrNS2/c1-11-3-4-15(12(2)7-11)18-6-5-17-9-14-8-13(16)10-19-14/h3-4,7-8,10,17H,5-6,9H2,1-2H3. The lowest BCUT2D eigenvalue weighted by Crippen LogP contribution is -2.15. The van der Waals surface area contributed by atoms with E-state index in [9.17, 15) is 0 Å². The summed E-state index contributed by atoms with van der Waals surface area (Å²) < 4.78 is 1.18. The van der Waals surface area contributed by atoms with E-state index < -0.39 is 0 Å². The highest BCUT2D eigenvalue weighted by atomic mass is 79.9. The molecular formula is C15H18BrNS2. The highest BCUT2D eigenvalue weighted by Crippen LogP contribution is 2.23. The fourth-order valence-electron chi connectivity index (χ4n) is 1.85. The van der Waals surface area contributed by atoms with Crippen LogP contribution in [0, 0.1) is 13.8 Å². The number of hydrogen-bond donors (Lipinski definition) is 1. The van der Waals surface area contributed by atoms with Crippen LogP contribution in [0.25, 0.3) is 0 Å². The zero-order valence-corrected chi connectivity index (χ0v) is 14.4. The number of rotatable bonds is 6. The minimum atomic E-state index is 0.962. The molecule has 0 saturated carbocycles. The van der Waals surface area contributed by atoms with E-state index in [1.54, 1.807) is 11.3 Å². The van der Waals surface area contributed by atoms with E-state index in [4.69, 9.17) is 0 Å². The van der Waals surface area contributed by atoms with Gasteiger partial charge in [-0.05, 0) is 47.5 Å². The third-order valence-corrected chi connectivity index (χ3v) is 5.66. The van der Waals surface area contributed by atoms with Crippen molar-refractivity contribution in [2.75, 3.05) is 12.3 Å². The van der Waals surface area contributed by atoms with Crippen LogP contribution in [0.4, 0.5) is 0 Å². The number of halogens is 1. The summed E-state index contributed by atoms with van der Waals surface area (Å²) >= 11 is 7.20. The Labute approximate surface area is 131 Å². The predicted octanol–water partition coefficient (Wildman–Crippen LogP) is 5.01. The molecule has 0 radical (unpaired) electrons. The minimum Gasteiger partial charge on any atom is -0.311 e. The van der Waals surface area contributed by atoms with Gasteiger partial charge in [-0.3, -0.25) is 0 Å². The molecule has 0 fully saturated rings. The number of aryl methyl sites for hydroxylation is 2. The van der Waals surface area contributed by atoms with Gasteiger partial charge in [-0.25, -0.2) is 0 Å². The molecule has 19 heavy (non-hydrogen) atoms. The summed E-state index contributed by atoms with van der Waals surface area (Å²) in [5.74, 6) is 1.11. The molecule has 2 aromatic rings. The highest BCUT2D eigenvalue weighted by molar-refractivity contribution is 9.10. The molecule has 0 aliphatic rings. The molecule has 1 aromatic carbocycles. The van der Waals surface area contributed by atoms with E-state index in [1.807, 2.05) is 11.8 Å². The Bertz CT molecular complexity index is 537.